The molecule has 0 unspecified atom stereocenters. The van der Waals surface area contributed by atoms with Crippen LogP contribution in [0.2, 0.25) is 0 Å². The predicted octanol–water partition coefficient (Wildman–Crippen LogP) is 2.97. The summed E-state index contributed by atoms with van der Waals surface area (Å²) in [7, 11) is 1.87. The maximum atomic E-state index is 4.34. The molecule has 0 radical (unpaired) electrons. The number of H-pyrrole nitrogens is 1. The summed E-state index contributed by atoms with van der Waals surface area (Å²) in [6, 6.07) is 14.4. The topological polar surface area (TPSA) is 71.4 Å². The molecule has 0 saturated carbocycles. The number of hydrogen-bond donors (Lipinski definition) is 2. The number of aromatic nitrogens is 5. The van der Waals surface area contributed by atoms with Crippen molar-refractivity contribution < 1.29 is 0 Å². The van der Waals surface area contributed by atoms with E-state index in [2.05, 4.69) is 49.9 Å². The van der Waals surface area contributed by atoms with Crippen molar-refractivity contribution in [1.82, 2.24) is 25.0 Å². The summed E-state index contributed by atoms with van der Waals surface area (Å²) < 4.78 is 1.70. The maximum Gasteiger partial charge on any atom is 0.181 e. The van der Waals surface area contributed by atoms with E-state index in [-0.39, 0.29) is 0 Å². The number of anilines is 1. The summed E-state index contributed by atoms with van der Waals surface area (Å²) in [5, 5.41) is 15.9. The molecule has 6 nitrogen and oxygen atoms in total. The van der Waals surface area contributed by atoms with Gasteiger partial charge in [-0.15, -0.1) is 0 Å². The number of nitrogens with one attached hydrogen (secondary N) is 2. The van der Waals surface area contributed by atoms with Crippen LogP contribution in [0, 0.1) is 0 Å². The van der Waals surface area contributed by atoms with Gasteiger partial charge in [0.15, 0.2) is 5.82 Å². The van der Waals surface area contributed by atoms with Gasteiger partial charge in [-0.3, -0.25) is 9.78 Å². The molecule has 2 heterocycles. The van der Waals surface area contributed by atoms with Crippen molar-refractivity contribution in [2.75, 3.05) is 5.32 Å². The number of hydrogen-bond acceptors (Lipinski definition) is 4. The van der Waals surface area contributed by atoms with Crippen LogP contribution in [0.25, 0.3) is 22.3 Å². The summed E-state index contributed by atoms with van der Waals surface area (Å²) in [5.74, 6) is 0.732. The average Bonchev–Trinajstić information content (AvgIpc) is 3.21. The minimum atomic E-state index is 0.732. The fraction of sp³-hybridized carbons (Fsp3) is 0.118. The minimum absolute atomic E-state index is 0.732. The second-order valence-corrected chi connectivity index (χ2v) is 5.47. The van der Waals surface area contributed by atoms with Gasteiger partial charge in [0, 0.05) is 30.2 Å². The summed E-state index contributed by atoms with van der Waals surface area (Å²) >= 11 is 0. The number of aryl methyl sites for hydroxylation is 1. The SMILES string of the molecule is Cn1cnc(-c2cccc(NCc3ccc4cn[nH]c4c3)c2)n1. The zero-order chi connectivity index (χ0) is 15.6. The summed E-state index contributed by atoms with van der Waals surface area (Å²) in [5.41, 5.74) is 4.29. The molecule has 23 heavy (non-hydrogen) atoms. The fourth-order valence-corrected chi connectivity index (χ4v) is 2.54. The summed E-state index contributed by atoms with van der Waals surface area (Å²) in [6.07, 6.45) is 3.53. The van der Waals surface area contributed by atoms with Gasteiger partial charge < -0.3 is 5.32 Å². The number of aromatic amines is 1. The second-order valence-electron chi connectivity index (χ2n) is 5.47. The van der Waals surface area contributed by atoms with E-state index in [1.165, 1.54) is 5.56 Å². The third-order valence-electron chi connectivity index (χ3n) is 3.72. The number of rotatable bonds is 4. The van der Waals surface area contributed by atoms with E-state index < -0.39 is 0 Å². The first-order chi connectivity index (χ1) is 11.3. The molecule has 0 aliphatic heterocycles. The third-order valence-corrected chi connectivity index (χ3v) is 3.72. The highest BCUT2D eigenvalue weighted by Gasteiger charge is 2.04. The second kappa shape index (κ2) is 5.57. The lowest BCUT2D eigenvalue weighted by Crippen LogP contribution is -1.99. The van der Waals surface area contributed by atoms with Crippen LogP contribution >= 0.6 is 0 Å². The normalized spacial score (nSPS) is 11.0. The first-order valence-electron chi connectivity index (χ1n) is 7.40. The van der Waals surface area contributed by atoms with Gasteiger partial charge >= 0.3 is 0 Å². The molecule has 0 spiro atoms. The van der Waals surface area contributed by atoms with E-state index in [1.54, 1.807) is 11.0 Å². The summed E-state index contributed by atoms with van der Waals surface area (Å²) in [6.45, 7) is 0.744. The maximum absolute atomic E-state index is 4.34. The first kappa shape index (κ1) is 13.5. The van der Waals surface area contributed by atoms with Crippen LogP contribution in [-0.2, 0) is 13.6 Å². The monoisotopic (exact) mass is 304 g/mol. The molecule has 2 aromatic heterocycles. The van der Waals surface area contributed by atoms with Crippen LogP contribution in [0.15, 0.2) is 55.0 Å². The van der Waals surface area contributed by atoms with Gasteiger partial charge in [-0.2, -0.15) is 10.2 Å². The van der Waals surface area contributed by atoms with Crippen LogP contribution < -0.4 is 5.32 Å². The molecule has 0 amide bonds. The van der Waals surface area contributed by atoms with Crippen LogP contribution in [0.1, 0.15) is 5.56 Å². The van der Waals surface area contributed by atoms with Gasteiger partial charge in [-0.25, -0.2) is 4.98 Å². The minimum Gasteiger partial charge on any atom is -0.381 e. The van der Waals surface area contributed by atoms with Crippen LogP contribution in [0.4, 0.5) is 5.69 Å². The number of benzene rings is 2. The van der Waals surface area contributed by atoms with E-state index >= 15 is 0 Å². The zero-order valence-corrected chi connectivity index (χ0v) is 12.7. The lowest BCUT2D eigenvalue weighted by molar-refractivity contribution is 0.768. The molecule has 0 aliphatic carbocycles. The molecule has 0 saturated heterocycles. The molecule has 0 aliphatic rings. The Morgan fingerprint density at radius 2 is 2.13 bits per heavy atom. The van der Waals surface area contributed by atoms with E-state index in [4.69, 9.17) is 0 Å². The lowest BCUT2D eigenvalue weighted by Gasteiger charge is -2.08. The molecule has 2 aromatic carbocycles. The molecular weight excluding hydrogens is 288 g/mol. The van der Waals surface area contributed by atoms with Gasteiger partial charge in [-0.1, -0.05) is 24.3 Å². The Morgan fingerprint density at radius 1 is 1.17 bits per heavy atom. The molecule has 4 aromatic rings. The Kier molecular flexibility index (Phi) is 3.27. The Labute approximate surface area is 133 Å². The van der Waals surface area contributed by atoms with E-state index in [0.717, 1.165) is 34.5 Å². The van der Waals surface area contributed by atoms with Crippen molar-refractivity contribution in [2.45, 2.75) is 6.54 Å². The Hall–Kier alpha value is -3.15. The quantitative estimate of drug-likeness (QED) is 0.608. The average molecular weight is 304 g/mol. The number of nitrogens with zero attached hydrogens (tertiary/aromatic N) is 4. The van der Waals surface area contributed by atoms with Crippen LogP contribution in [0.3, 0.4) is 0 Å². The highest BCUT2D eigenvalue weighted by molar-refractivity contribution is 5.78. The number of fused-ring (bicyclic) bond motifs is 1. The predicted molar refractivity (Wildman–Crippen MR) is 89.9 cm³/mol. The standard InChI is InChI=1S/C17H16N6/c1-23-11-19-17(22-23)13-3-2-4-15(8-13)18-9-12-5-6-14-10-20-21-16(14)7-12/h2-8,10-11,18H,9H2,1H3,(H,20,21). The first-order valence-corrected chi connectivity index (χ1v) is 7.40. The van der Waals surface area contributed by atoms with Crippen molar-refractivity contribution in [3.63, 3.8) is 0 Å². The molecule has 114 valence electrons. The highest BCUT2D eigenvalue weighted by Crippen LogP contribution is 2.20. The fourth-order valence-electron chi connectivity index (χ4n) is 2.54. The van der Waals surface area contributed by atoms with Crippen molar-refractivity contribution in [3.8, 4) is 11.4 Å². The van der Waals surface area contributed by atoms with E-state index in [9.17, 15) is 0 Å². The van der Waals surface area contributed by atoms with Crippen molar-refractivity contribution >= 4 is 16.6 Å². The van der Waals surface area contributed by atoms with Crippen LogP contribution in [0.5, 0.6) is 0 Å². The zero-order valence-electron chi connectivity index (χ0n) is 12.7. The van der Waals surface area contributed by atoms with E-state index in [0.29, 0.717) is 0 Å². The van der Waals surface area contributed by atoms with Gasteiger partial charge in [0.05, 0.1) is 11.7 Å². The largest absolute Gasteiger partial charge is 0.381 e. The van der Waals surface area contributed by atoms with Crippen molar-refractivity contribution in [3.05, 3.63) is 60.6 Å². The smallest absolute Gasteiger partial charge is 0.181 e. The Bertz CT molecular complexity index is 952. The van der Waals surface area contributed by atoms with Gasteiger partial charge in [0.1, 0.15) is 6.33 Å². The Balaban J connectivity index is 1.52. The van der Waals surface area contributed by atoms with Crippen molar-refractivity contribution in [2.24, 2.45) is 7.05 Å². The van der Waals surface area contributed by atoms with Gasteiger partial charge in [-0.05, 0) is 23.8 Å². The molecule has 4 rings (SSSR count). The lowest BCUT2D eigenvalue weighted by atomic mass is 10.1. The Morgan fingerprint density at radius 3 is 3.00 bits per heavy atom. The van der Waals surface area contributed by atoms with Gasteiger partial charge in [0.25, 0.3) is 0 Å². The third kappa shape index (κ3) is 2.78. The van der Waals surface area contributed by atoms with Crippen LogP contribution in [-0.4, -0.2) is 25.0 Å². The molecular formula is C17H16N6. The van der Waals surface area contributed by atoms with E-state index in [1.807, 2.05) is 31.4 Å². The molecule has 0 atom stereocenters. The van der Waals surface area contributed by atoms with Crippen molar-refractivity contribution in [1.29, 1.82) is 0 Å². The highest BCUT2D eigenvalue weighted by atomic mass is 15.3. The summed E-state index contributed by atoms with van der Waals surface area (Å²) in [4.78, 5) is 4.29. The molecule has 0 bridgehead atoms. The van der Waals surface area contributed by atoms with Gasteiger partial charge in [0.2, 0.25) is 0 Å². The molecule has 2 N–H and O–H groups in total. The molecule has 0 fully saturated rings. The molecule has 6 heteroatoms.